The Labute approximate surface area is 192 Å². The molecule has 0 atom stereocenters. The van der Waals surface area contributed by atoms with Crippen LogP contribution in [0.3, 0.4) is 0 Å². The largest absolute Gasteiger partial charge is 0.358 e. The van der Waals surface area contributed by atoms with Crippen molar-refractivity contribution in [1.29, 1.82) is 0 Å². The van der Waals surface area contributed by atoms with E-state index in [-0.39, 0.29) is 29.4 Å². The fourth-order valence-electron chi connectivity index (χ4n) is 4.35. The Hall–Kier alpha value is -1.78. The van der Waals surface area contributed by atoms with Gasteiger partial charge in [-0.2, -0.15) is 8.61 Å². The van der Waals surface area contributed by atoms with Gasteiger partial charge in [0.1, 0.15) is 5.72 Å². The topological polar surface area (TPSA) is 84.0 Å². The molecule has 0 saturated carbocycles. The van der Waals surface area contributed by atoms with E-state index in [1.54, 1.807) is 62.4 Å². The molecule has 2 aliphatic rings. The molecule has 0 aromatic heterocycles. The van der Waals surface area contributed by atoms with Crippen molar-refractivity contribution in [2.45, 2.75) is 56.1 Å². The maximum atomic E-state index is 13.4. The molecule has 1 spiro atoms. The van der Waals surface area contributed by atoms with Gasteiger partial charge in [-0.25, -0.2) is 16.8 Å². The Kier molecular flexibility index (Phi) is 7.46. The van der Waals surface area contributed by atoms with E-state index in [4.69, 9.17) is 4.74 Å². The first-order chi connectivity index (χ1) is 15.2. The number of aryl methyl sites for hydroxylation is 2. The van der Waals surface area contributed by atoms with Gasteiger partial charge < -0.3 is 4.74 Å². The van der Waals surface area contributed by atoms with Crippen molar-refractivity contribution in [3.63, 3.8) is 0 Å². The summed E-state index contributed by atoms with van der Waals surface area (Å²) in [4.78, 5) is 0.558. The maximum absolute atomic E-state index is 13.4. The third-order valence-electron chi connectivity index (χ3n) is 6.00. The number of hydrogen-bond donors (Lipinski definition) is 0. The molecule has 176 valence electrons. The predicted molar refractivity (Wildman–Crippen MR) is 124 cm³/mol. The van der Waals surface area contributed by atoms with Gasteiger partial charge in [-0.3, -0.25) is 0 Å². The first-order valence-electron chi connectivity index (χ1n) is 11.0. The summed E-state index contributed by atoms with van der Waals surface area (Å²) in [6, 6.07) is 13.8. The third kappa shape index (κ3) is 4.36. The van der Waals surface area contributed by atoms with Gasteiger partial charge in [0.05, 0.1) is 16.4 Å². The average molecular weight is 481 g/mol. The summed E-state index contributed by atoms with van der Waals surface area (Å²) in [6.07, 6.45) is 0.590. The lowest BCUT2D eigenvalue weighted by Gasteiger charge is -2.42. The molecule has 2 aliphatic heterocycles. The summed E-state index contributed by atoms with van der Waals surface area (Å²) in [5, 5.41) is 0. The minimum Gasteiger partial charge on any atom is -0.358 e. The molecule has 4 rings (SSSR count). The van der Waals surface area contributed by atoms with Crippen LogP contribution in [-0.4, -0.2) is 57.4 Å². The number of benzene rings is 2. The lowest BCUT2D eigenvalue weighted by Crippen LogP contribution is -2.55. The first-order valence-corrected chi connectivity index (χ1v) is 13.8. The van der Waals surface area contributed by atoms with Crippen LogP contribution in [0.2, 0.25) is 0 Å². The van der Waals surface area contributed by atoms with Gasteiger partial charge in [0.2, 0.25) is 20.0 Å². The van der Waals surface area contributed by atoms with Gasteiger partial charge in [-0.15, -0.1) is 0 Å². The van der Waals surface area contributed by atoms with Crippen molar-refractivity contribution < 1.29 is 21.6 Å². The van der Waals surface area contributed by atoms with Crippen molar-refractivity contribution in [3.8, 4) is 0 Å². The molecule has 7 nitrogen and oxygen atoms in total. The smallest absolute Gasteiger partial charge is 0.245 e. The molecule has 0 aliphatic carbocycles. The minimum absolute atomic E-state index is 0.205. The monoisotopic (exact) mass is 480 g/mol. The normalized spacial score (nSPS) is 19.5. The van der Waals surface area contributed by atoms with Gasteiger partial charge in [0, 0.05) is 32.5 Å². The molecule has 2 aromatic carbocycles. The molecule has 0 unspecified atom stereocenters. The fraction of sp³-hybridized carbons (Fsp3) is 0.478. The van der Waals surface area contributed by atoms with Crippen molar-refractivity contribution in [2.75, 3.05) is 26.2 Å². The Morgan fingerprint density at radius 1 is 0.750 bits per heavy atom. The molecular weight excluding hydrogens is 448 g/mol. The summed E-state index contributed by atoms with van der Waals surface area (Å²) in [5.74, 6) is 0. The van der Waals surface area contributed by atoms with E-state index in [0.29, 0.717) is 30.6 Å². The quantitative estimate of drug-likeness (QED) is 0.668. The third-order valence-corrected chi connectivity index (χ3v) is 10.2. The summed E-state index contributed by atoms with van der Waals surface area (Å²) in [7, 11) is -7.39. The predicted octanol–water partition coefficient (Wildman–Crippen LogP) is 3.53. The lowest BCUT2D eigenvalue weighted by molar-refractivity contribution is -0.0806. The average Bonchev–Trinajstić information content (AvgIpc) is 3.19. The second kappa shape index (κ2) is 9.61. The summed E-state index contributed by atoms with van der Waals surface area (Å²) >= 11 is 0. The highest BCUT2D eigenvalue weighted by Gasteiger charge is 2.52. The lowest BCUT2D eigenvalue weighted by atomic mass is 10.0. The molecule has 2 saturated heterocycles. The molecule has 0 N–H and O–H groups in total. The van der Waals surface area contributed by atoms with Crippen LogP contribution in [0.25, 0.3) is 0 Å². The summed E-state index contributed by atoms with van der Waals surface area (Å²) in [5.41, 5.74) is 0.372. The van der Waals surface area contributed by atoms with Crippen LogP contribution in [0.5, 0.6) is 0 Å². The van der Waals surface area contributed by atoms with E-state index >= 15 is 0 Å². The highest BCUT2D eigenvalue weighted by molar-refractivity contribution is 7.89. The molecule has 2 heterocycles. The zero-order chi connectivity index (χ0) is 23.6. The van der Waals surface area contributed by atoms with E-state index in [9.17, 15) is 16.8 Å². The van der Waals surface area contributed by atoms with Crippen molar-refractivity contribution >= 4 is 20.0 Å². The van der Waals surface area contributed by atoms with Gasteiger partial charge in [0.25, 0.3) is 0 Å². The van der Waals surface area contributed by atoms with Gasteiger partial charge in [-0.1, -0.05) is 50.2 Å². The Morgan fingerprint density at radius 2 is 1.22 bits per heavy atom. The maximum Gasteiger partial charge on any atom is 0.245 e. The summed E-state index contributed by atoms with van der Waals surface area (Å²) < 4.78 is 61.8. The second-order valence-corrected chi connectivity index (χ2v) is 11.5. The molecule has 2 aromatic rings. The minimum atomic E-state index is -3.75. The fourth-order valence-corrected chi connectivity index (χ4v) is 7.97. The van der Waals surface area contributed by atoms with Crippen molar-refractivity contribution in [1.82, 2.24) is 8.61 Å². The van der Waals surface area contributed by atoms with Crippen LogP contribution in [0, 0.1) is 13.8 Å². The SMILES string of the molecule is CC.Cc1ccccc1S(=O)(=O)N1CCC2(CC1)OCCN2S(=O)(=O)c1ccccc1C. The van der Waals surface area contributed by atoms with E-state index < -0.39 is 25.8 Å². The van der Waals surface area contributed by atoms with Crippen LogP contribution in [0.4, 0.5) is 0 Å². The number of sulfonamides is 2. The molecule has 2 fully saturated rings. The number of ether oxygens (including phenoxy) is 1. The number of rotatable bonds is 4. The van der Waals surface area contributed by atoms with Crippen LogP contribution in [0.1, 0.15) is 37.8 Å². The van der Waals surface area contributed by atoms with Crippen LogP contribution < -0.4 is 0 Å². The molecule has 0 amide bonds. The highest BCUT2D eigenvalue weighted by Crippen LogP contribution is 2.40. The van der Waals surface area contributed by atoms with Gasteiger partial charge in [0.15, 0.2) is 0 Å². The zero-order valence-electron chi connectivity index (χ0n) is 19.1. The number of nitrogens with zero attached hydrogens (tertiary/aromatic N) is 2. The van der Waals surface area contributed by atoms with E-state index in [1.165, 1.54) is 8.61 Å². The molecule has 0 radical (unpaired) electrons. The Bertz CT molecular complexity index is 1150. The van der Waals surface area contributed by atoms with E-state index in [0.717, 1.165) is 0 Å². The molecular formula is C23H32N2O5S2. The van der Waals surface area contributed by atoms with Crippen LogP contribution >= 0.6 is 0 Å². The van der Waals surface area contributed by atoms with Crippen molar-refractivity contribution in [3.05, 3.63) is 59.7 Å². The summed E-state index contributed by atoms with van der Waals surface area (Å²) in [6.45, 7) is 8.52. The van der Waals surface area contributed by atoms with Crippen LogP contribution in [0.15, 0.2) is 58.3 Å². The Morgan fingerprint density at radius 3 is 1.72 bits per heavy atom. The number of hydrogen-bond acceptors (Lipinski definition) is 5. The highest BCUT2D eigenvalue weighted by atomic mass is 32.2. The van der Waals surface area contributed by atoms with Crippen LogP contribution in [-0.2, 0) is 24.8 Å². The molecule has 9 heteroatoms. The zero-order valence-corrected chi connectivity index (χ0v) is 20.7. The molecule has 0 bridgehead atoms. The number of piperidine rings is 1. The van der Waals surface area contributed by atoms with Crippen molar-refractivity contribution in [2.24, 2.45) is 0 Å². The molecule has 32 heavy (non-hydrogen) atoms. The Balaban J connectivity index is 0.00000141. The van der Waals surface area contributed by atoms with Gasteiger partial charge in [-0.05, 0) is 37.1 Å². The first kappa shape index (κ1) is 24.9. The van der Waals surface area contributed by atoms with E-state index in [2.05, 4.69) is 0 Å². The second-order valence-electron chi connectivity index (χ2n) is 7.81. The van der Waals surface area contributed by atoms with Gasteiger partial charge >= 0.3 is 0 Å². The standard InChI is InChI=1S/C21H26N2O5S2.C2H6/c1-17-7-3-5-9-19(17)29(24,25)22-13-11-21(12-14-22)23(15-16-28-21)30(26,27)20-10-6-4-8-18(20)2;1-2/h3-10H,11-16H2,1-2H3;1-2H3. The van der Waals surface area contributed by atoms with E-state index in [1.807, 2.05) is 13.8 Å².